The molecule has 31 heavy (non-hydrogen) atoms. The van der Waals surface area contributed by atoms with Gasteiger partial charge in [-0.3, -0.25) is 4.48 Å². The number of rotatable bonds is 18. The van der Waals surface area contributed by atoms with Crippen LogP contribution in [0.3, 0.4) is 0 Å². The SMILES string of the molecule is CCCCCCCCCCCCCCCCCC[N+](C)(C)c1cccc2ccccc12. The fourth-order valence-corrected chi connectivity index (χ4v) is 4.91. The molecule has 0 N–H and O–H groups in total. The molecule has 0 radical (unpaired) electrons. The van der Waals surface area contributed by atoms with Crippen LogP contribution in [-0.2, 0) is 0 Å². The van der Waals surface area contributed by atoms with Crippen LogP contribution in [0.25, 0.3) is 10.8 Å². The predicted molar refractivity (Wildman–Crippen MR) is 142 cm³/mol. The van der Waals surface area contributed by atoms with Crippen molar-refractivity contribution in [2.24, 2.45) is 0 Å². The van der Waals surface area contributed by atoms with E-state index in [0.29, 0.717) is 0 Å². The molecule has 0 saturated carbocycles. The van der Waals surface area contributed by atoms with Crippen molar-refractivity contribution in [2.45, 2.75) is 110 Å². The van der Waals surface area contributed by atoms with E-state index in [2.05, 4.69) is 63.5 Å². The molecule has 0 atom stereocenters. The Labute approximate surface area is 193 Å². The fraction of sp³-hybridized carbons (Fsp3) is 0.667. The number of fused-ring (bicyclic) bond motifs is 1. The van der Waals surface area contributed by atoms with Crippen molar-refractivity contribution in [1.29, 1.82) is 0 Å². The second-order valence-corrected chi connectivity index (χ2v) is 10.2. The molecule has 1 heteroatoms. The Bertz CT molecular complexity index is 697. The van der Waals surface area contributed by atoms with Crippen molar-refractivity contribution >= 4 is 16.5 Å². The van der Waals surface area contributed by atoms with Gasteiger partial charge in [-0.1, -0.05) is 127 Å². The highest BCUT2D eigenvalue weighted by molar-refractivity contribution is 5.93. The summed E-state index contributed by atoms with van der Waals surface area (Å²) in [6.45, 7) is 3.53. The van der Waals surface area contributed by atoms with Crippen molar-refractivity contribution in [3.05, 3.63) is 42.5 Å². The van der Waals surface area contributed by atoms with E-state index in [4.69, 9.17) is 0 Å². The molecule has 0 heterocycles. The third-order valence-electron chi connectivity index (χ3n) is 6.99. The van der Waals surface area contributed by atoms with E-state index in [-0.39, 0.29) is 0 Å². The lowest BCUT2D eigenvalue weighted by atomic mass is 10.0. The Morgan fingerprint density at radius 1 is 0.516 bits per heavy atom. The van der Waals surface area contributed by atoms with Crippen molar-refractivity contribution in [2.75, 3.05) is 20.6 Å². The Morgan fingerprint density at radius 2 is 0.968 bits per heavy atom. The summed E-state index contributed by atoms with van der Waals surface area (Å²) in [4.78, 5) is 0. The number of hydrogen-bond donors (Lipinski definition) is 0. The first kappa shape index (κ1) is 25.9. The normalized spacial score (nSPS) is 12.0. The largest absolute Gasteiger partial charge is 0.295 e. The molecular weight excluding hydrogens is 374 g/mol. The van der Waals surface area contributed by atoms with E-state index in [1.54, 1.807) is 0 Å². The topological polar surface area (TPSA) is 0 Å². The van der Waals surface area contributed by atoms with E-state index < -0.39 is 0 Å². The van der Waals surface area contributed by atoms with Crippen LogP contribution in [0.2, 0.25) is 0 Å². The summed E-state index contributed by atoms with van der Waals surface area (Å²) in [5.74, 6) is 0. The standard InChI is InChI=1S/C30H50N/c1-4-5-6-7-8-9-10-11-12-13-14-15-16-17-18-21-27-31(2,3)30-26-22-24-28-23-19-20-25-29(28)30/h19-20,22-26H,4-18,21,27H2,1-3H3/q+1. The van der Waals surface area contributed by atoms with Gasteiger partial charge in [0.25, 0.3) is 0 Å². The number of unbranched alkanes of at least 4 members (excludes halogenated alkanes) is 15. The van der Waals surface area contributed by atoms with Crippen molar-refractivity contribution in [3.63, 3.8) is 0 Å². The summed E-state index contributed by atoms with van der Waals surface area (Å²) in [5.41, 5.74) is 1.46. The van der Waals surface area contributed by atoms with Gasteiger partial charge >= 0.3 is 0 Å². The summed E-state index contributed by atoms with van der Waals surface area (Å²) >= 11 is 0. The zero-order chi connectivity index (χ0) is 22.2. The highest BCUT2D eigenvalue weighted by Gasteiger charge is 2.20. The maximum absolute atomic E-state index is 2.37. The van der Waals surface area contributed by atoms with Gasteiger partial charge in [0.15, 0.2) is 0 Å². The third kappa shape index (κ3) is 10.2. The smallest absolute Gasteiger partial charge is 0.140 e. The molecule has 2 aromatic rings. The molecular formula is C30H50N+. The van der Waals surface area contributed by atoms with Gasteiger partial charge in [-0.25, -0.2) is 0 Å². The van der Waals surface area contributed by atoms with Crippen LogP contribution in [0.15, 0.2) is 42.5 Å². The quantitative estimate of drug-likeness (QED) is 0.165. The van der Waals surface area contributed by atoms with Gasteiger partial charge < -0.3 is 0 Å². The van der Waals surface area contributed by atoms with E-state index in [1.165, 1.54) is 126 Å². The lowest BCUT2D eigenvalue weighted by Gasteiger charge is -2.30. The average molecular weight is 425 g/mol. The predicted octanol–water partition coefficient (Wildman–Crippen LogP) is 9.67. The summed E-state index contributed by atoms with van der Waals surface area (Å²) in [7, 11) is 4.74. The van der Waals surface area contributed by atoms with E-state index in [9.17, 15) is 0 Å². The molecule has 0 aliphatic rings. The Balaban J connectivity index is 1.46. The van der Waals surface area contributed by atoms with Gasteiger partial charge in [0.1, 0.15) is 5.69 Å². The van der Waals surface area contributed by atoms with Crippen molar-refractivity contribution in [1.82, 2.24) is 4.48 Å². The molecule has 0 fully saturated rings. The summed E-state index contributed by atoms with van der Waals surface area (Å²) < 4.78 is 0.986. The maximum atomic E-state index is 2.37. The molecule has 0 amide bonds. The minimum absolute atomic E-state index is 0.986. The lowest BCUT2D eigenvalue weighted by Crippen LogP contribution is -2.41. The minimum Gasteiger partial charge on any atom is -0.295 e. The summed E-state index contributed by atoms with van der Waals surface area (Å²) in [5, 5.41) is 2.77. The zero-order valence-electron chi connectivity index (χ0n) is 21.0. The maximum Gasteiger partial charge on any atom is 0.140 e. The first-order valence-electron chi connectivity index (χ1n) is 13.5. The summed E-state index contributed by atoms with van der Waals surface area (Å²) in [6, 6.07) is 15.6. The molecule has 2 aromatic carbocycles. The van der Waals surface area contributed by atoms with Gasteiger partial charge in [-0.15, -0.1) is 0 Å². The molecule has 2 rings (SSSR count). The first-order valence-corrected chi connectivity index (χ1v) is 13.5. The molecule has 1 nitrogen and oxygen atoms in total. The molecule has 0 spiro atoms. The van der Waals surface area contributed by atoms with Crippen molar-refractivity contribution < 1.29 is 0 Å². The Morgan fingerprint density at radius 3 is 1.52 bits per heavy atom. The van der Waals surface area contributed by atoms with Crippen LogP contribution >= 0.6 is 0 Å². The highest BCUT2D eigenvalue weighted by atomic mass is 15.3. The van der Waals surface area contributed by atoms with E-state index in [1.807, 2.05) is 0 Å². The van der Waals surface area contributed by atoms with Gasteiger partial charge in [-0.05, 0) is 30.4 Å². The average Bonchev–Trinajstić information content (AvgIpc) is 2.78. The molecule has 0 aliphatic heterocycles. The van der Waals surface area contributed by atoms with Crippen molar-refractivity contribution in [3.8, 4) is 0 Å². The van der Waals surface area contributed by atoms with Gasteiger partial charge in [0, 0.05) is 5.39 Å². The van der Waals surface area contributed by atoms with Crippen LogP contribution in [0.4, 0.5) is 5.69 Å². The molecule has 0 aromatic heterocycles. The van der Waals surface area contributed by atoms with Crippen LogP contribution in [-0.4, -0.2) is 20.6 Å². The number of hydrogen-bond acceptors (Lipinski definition) is 0. The van der Waals surface area contributed by atoms with Gasteiger partial charge in [0.05, 0.1) is 20.6 Å². The van der Waals surface area contributed by atoms with Crippen LogP contribution in [0.1, 0.15) is 110 Å². The molecule has 0 saturated heterocycles. The molecule has 0 aliphatic carbocycles. The second-order valence-electron chi connectivity index (χ2n) is 10.2. The zero-order valence-corrected chi connectivity index (χ0v) is 21.0. The lowest BCUT2D eigenvalue weighted by molar-refractivity contribution is 0.383. The second kappa shape index (κ2) is 15.5. The first-order chi connectivity index (χ1) is 15.1. The fourth-order valence-electron chi connectivity index (χ4n) is 4.91. The van der Waals surface area contributed by atoms with E-state index in [0.717, 1.165) is 4.48 Å². The van der Waals surface area contributed by atoms with Crippen LogP contribution in [0.5, 0.6) is 0 Å². The molecule has 0 bridgehead atoms. The highest BCUT2D eigenvalue weighted by Crippen LogP contribution is 2.30. The Kier molecular flexibility index (Phi) is 12.9. The van der Waals surface area contributed by atoms with Gasteiger partial charge in [-0.2, -0.15) is 0 Å². The molecule has 174 valence electrons. The van der Waals surface area contributed by atoms with E-state index >= 15 is 0 Å². The number of benzene rings is 2. The third-order valence-corrected chi connectivity index (χ3v) is 6.99. The molecule has 0 unspecified atom stereocenters. The van der Waals surface area contributed by atoms with Crippen LogP contribution < -0.4 is 4.48 Å². The monoisotopic (exact) mass is 424 g/mol. The summed E-state index contributed by atoms with van der Waals surface area (Å²) in [6.07, 6.45) is 23.0. The van der Waals surface area contributed by atoms with Gasteiger partial charge in [0.2, 0.25) is 0 Å². The number of nitrogens with zero attached hydrogens (tertiary/aromatic N) is 1. The van der Waals surface area contributed by atoms with Crippen LogP contribution in [0, 0.1) is 0 Å². The minimum atomic E-state index is 0.986. The number of quaternary nitrogens is 1. The Hall–Kier alpha value is -1.34.